The summed E-state index contributed by atoms with van der Waals surface area (Å²) in [5.74, 6) is -1.18. The maximum Gasteiger partial charge on any atom is 0.337 e. The van der Waals surface area contributed by atoms with Gasteiger partial charge in [0.15, 0.2) is 0 Å². The number of nitro groups is 1. The van der Waals surface area contributed by atoms with Gasteiger partial charge in [0.1, 0.15) is 16.2 Å². The molecular formula is C20H11FN2O4S. The van der Waals surface area contributed by atoms with Crippen molar-refractivity contribution >= 4 is 32.3 Å². The van der Waals surface area contributed by atoms with E-state index in [1.54, 1.807) is 36.4 Å². The molecule has 0 atom stereocenters. The Kier molecular flexibility index (Phi) is 4.32. The van der Waals surface area contributed by atoms with Gasteiger partial charge in [0.05, 0.1) is 10.6 Å². The van der Waals surface area contributed by atoms with Crippen LogP contribution in [0, 0.1) is 15.9 Å². The third-order valence-electron chi connectivity index (χ3n) is 4.25. The van der Waals surface area contributed by atoms with E-state index in [0.29, 0.717) is 11.3 Å². The predicted octanol–water partition coefficient (Wildman–Crippen LogP) is 4.33. The molecule has 4 aromatic rings. The molecule has 0 radical (unpaired) electrons. The first-order chi connectivity index (χ1) is 13.5. The van der Waals surface area contributed by atoms with E-state index < -0.39 is 22.1 Å². The first-order valence-electron chi connectivity index (χ1n) is 8.16. The summed E-state index contributed by atoms with van der Waals surface area (Å²) >= 11 is 0.676. The van der Waals surface area contributed by atoms with E-state index in [1.807, 2.05) is 0 Å². The number of hydrogen-bond acceptors (Lipinski definition) is 5. The highest BCUT2D eigenvalue weighted by atomic mass is 32.1. The lowest BCUT2D eigenvalue weighted by Gasteiger charge is -2.08. The topological polar surface area (TPSA) is 82.2 Å². The van der Waals surface area contributed by atoms with Gasteiger partial charge in [-0.05, 0) is 29.5 Å². The Morgan fingerprint density at radius 2 is 1.68 bits per heavy atom. The normalized spacial score (nSPS) is 10.9. The summed E-state index contributed by atoms with van der Waals surface area (Å²) in [6.07, 6.45) is 0. The molecule has 2 aromatic heterocycles. The van der Waals surface area contributed by atoms with Crippen molar-refractivity contribution < 1.29 is 14.1 Å². The summed E-state index contributed by atoms with van der Waals surface area (Å²) < 4.78 is 15.4. The number of nitrogens with zero attached hydrogens (tertiary/aromatic N) is 2. The molecule has 0 aliphatic rings. The molecule has 0 bridgehead atoms. The van der Waals surface area contributed by atoms with Gasteiger partial charge in [-0.3, -0.25) is 24.3 Å². The van der Waals surface area contributed by atoms with E-state index in [4.69, 9.17) is 0 Å². The fraction of sp³-hybridized carbons (Fsp3) is 0. The summed E-state index contributed by atoms with van der Waals surface area (Å²) in [5.41, 5.74) is -0.407. The standard InChI is InChI=1S/C20H11FN2O4S/c21-14-8-4-5-9-15(14)22-16(24)11-10-13-17(20(23(26)27)28-19(13)22)18(25)12-6-2-1-3-7-12/h1-11H. The van der Waals surface area contributed by atoms with Crippen molar-refractivity contribution in [2.75, 3.05) is 0 Å². The number of para-hydroxylation sites is 1. The zero-order valence-electron chi connectivity index (χ0n) is 14.2. The highest BCUT2D eigenvalue weighted by Crippen LogP contribution is 2.38. The van der Waals surface area contributed by atoms with Crippen LogP contribution in [-0.4, -0.2) is 15.3 Å². The van der Waals surface area contributed by atoms with Gasteiger partial charge in [0.25, 0.3) is 5.56 Å². The molecule has 138 valence electrons. The van der Waals surface area contributed by atoms with E-state index in [1.165, 1.54) is 30.3 Å². The number of thiophene rings is 1. The molecule has 0 saturated carbocycles. The lowest BCUT2D eigenvalue weighted by molar-refractivity contribution is -0.380. The number of rotatable bonds is 4. The van der Waals surface area contributed by atoms with E-state index in [9.17, 15) is 24.1 Å². The molecule has 2 heterocycles. The van der Waals surface area contributed by atoms with Crippen molar-refractivity contribution in [1.29, 1.82) is 0 Å². The average molecular weight is 394 g/mol. The number of hydrogen-bond donors (Lipinski definition) is 0. The monoisotopic (exact) mass is 394 g/mol. The molecule has 0 aliphatic heterocycles. The fourth-order valence-electron chi connectivity index (χ4n) is 3.01. The van der Waals surface area contributed by atoms with Crippen LogP contribution in [0.5, 0.6) is 0 Å². The van der Waals surface area contributed by atoms with Crippen molar-refractivity contribution in [3.05, 3.63) is 104 Å². The molecule has 4 rings (SSSR count). The number of pyridine rings is 1. The second-order valence-electron chi connectivity index (χ2n) is 5.91. The van der Waals surface area contributed by atoms with Gasteiger partial charge in [-0.2, -0.15) is 0 Å². The Morgan fingerprint density at radius 1 is 1.00 bits per heavy atom. The van der Waals surface area contributed by atoms with Crippen LogP contribution in [0.3, 0.4) is 0 Å². The van der Waals surface area contributed by atoms with Gasteiger partial charge in [-0.15, -0.1) is 0 Å². The van der Waals surface area contributed by atoms with Gasteiger partial charge >= 0.3 is 5.00 Å². The summed E-state index contributed by atoms with van der Waals surface area (Å²) in [7, 11) is 0. The minimum absolute atomic E-state index is 0.0343. The van der Waals surface area contributed by atoms with Crippen LogP contribution in [0.2, 0.25) is 0 Å². The second kappa shape index (κ2) is 6.82. The Morgan fingerprint density at radius 3 is 2.36 bits per heavy atom. The lowest BCUT2D eigenvalue weighted by Crippen LogP contribution is -2.17. The maximum absolute atomic E-state index is 14.3. The molecule has 0 N–H and O–H groups in total. The van der Waals surface area contributed by atoms with E-state index >= 15 is 0 Å². The summed E-state index contributed by atoms with van der Waals surface area (Å²) in [5, 5.41) is 11.5. The number of halogens is 1. The van der Waals surface area contributed by atoms with Crippen LogP contribution in [0.25, 0.3) is 15.9 Å². The van der Waals surface area contributed by atoms with Gasteiger partial charge in [0.2, 0.25) is 5.78 Å². The molecule has 8 heteroatoms. The SMILES string of the molecule is O=C(c1ccccc1)c1c([N+](=O)[O-])sc2c1ccc(=O)n2-c1ccccc1F. The second-order valence-corrected chi connectivity index (χ2v) is 6.89. The Hall–Kier alpha value is -3.65. The van der Waals surface area contributed by atoms with Crippen LogP contribution in [-0.2, 0) is 0 Å². The van der Waals surface area contributed by atoms with Crippen molar-refractivity contribution in [3.8, 4) is 5.69 Å². The number of aromatic nitrogens is 1. The number of carbonyl (C=O) groups excluding carboxylic acids is 1. The summed E-state index contributed by atoms with van der Waals surface area (Å²) in [6, 6.07) is 16.3. The molecular weight excluding hydrogens is 383 g/mol. The van der Waals surface area contributed by atoms with Gasteiger partial charge in [-0.25, -0.2) is 4.39 Å². The third-order valence-corrected chi connectivity index (χ3v) is 5.39. The van der Waals surface area contributed by atoms with Gasteiger partial charge < -0.3 is 0 Å². The molecule has 0 fully saturated rings. The molecule has 6 nitrogen and oxygen atoms in total. The van der Waals surface area contributed by atoms with E-state index in [2.05, 4.69) is 0 Å². The van der Waals surface area contributed by atoms with Gasteiger partial charge in [-0.1, -0.05) is 42.5 Å². The Bertz CT molecular complexity index is 1290. The quantitative estimate of drug-likeness (QED) is 0.293. The molecule has 0 saturated heterocycles. The minimum Gasteiger partial charge on any atom is -0.288 e. The number of fused-ring (bicyclic) bond motifs is 1. The average Bonchev–Trinajstić information content (AvgIpc) is 3.09. The highest BCUT2D eigenvalue weighted by molar-refractivity contribution is 7.22. The van der Waals surface area contributed by atoms with Crippen LogP contribution in [0.1, 0.15) is 15.9 Å². The maximum atomic E-state index is 14.3. The van der Waals surface area contributed by atoms with Crippen molar-refractivity contribution in [2.24, 2.45) is 0 Å². The Labute approximate surface area is 161 Å². The van der Waals surface area contributed by atoms with Crippen molar-refractivity contribution in [1.82, 2.24) is 4.57 Å². The predicted molar refractivity (Wildman–Crippen MR) is 104 cm³/mol. The first-order valence-corrected chi connectivity index (χ1v) is 8.98. The van der Waals surface area contributed by atoms with Crippen molar-refractivity contribution in [3.63, 3.8) is 0 Å². The summed E-state index contributed by atoms with van der Waals surface area (Å²) in [6.45, 7) is 0. The minimum atomic E-state index is -0.656. The third kappa shape index (κ3) is 2.80. The number of benzene rings is 2. The molecule has 0 amide bonds. The molecule has 0 unspecified atom stereocenters. The largest absolute Gasteiger partial charge is 0.337 e. The smallest absolute Gasteiger partial charge is 0.288 e. The van der Waals surface area contributed by atoms with E-state index in [0.717, 1.165) is 4.57 Å². The van der Waals surface area contributed by atoms with Crippen LogP contribution in [0.15, 0.2) is 71.5 Å². The van der Waals surface area contributed by atoms with Crippen LogP contribution in [0.4, 0.5) is 9.39 Å². The first kappa shape index (κ1) is 17.7. The zero-order valence-corrected chi connectivity index (χ0v) is 15.0. The molecule has 2 aromatic carbocycles. The fourth-order valence-corrected chi connectivity index (χ4v) is 4.13. The van der Waals surface area contributed by atoms with Gasteiger partial charge in [0, 0.05) is 17.0 Å². The van der Waals surface area contributed by atoms with Crippen LogP contribution >= 0.6 is 11.3 Å². The van der Waals surface area contributed by atoms with E-state index in [-0.39, 0.29) is 32.0 Å². The highest BCUT2D eigenvalue weighted by Gasteiger charge is 2.30. The molecule has 0 spiro atoms. The molecule has 0 aliphatic carbocycles. The lowest BCUT2D eigenvalue weighted by atomic mass is 10.0. The number of carbonyl (C=O) groups is 1. The van der Waals surface area contributed by atoms with Crippen molar-refractivity contribution in [2.45, 2.75) is 0 Å². The van der Waals surface area contributed by atoms with Crippen LogP contribution < -0.4 is 5.56 Å². The summed E-state index contributed by atoms with van der Waals surface area (Å²) in [4.78, 5) is 36.6. The number of ketones is 1. The zero-order chi connectivity index (χ0) is 19.8. The Balaban J connectivity index is 2.08. The molecule has 28 heavy (non-hydrogen) atoms.